The average Bonchev–Trinajstić information content (AvgIpc) is 2.87. The van der Waals surface area contributed by atoms with Crippen LogP contribution >= 0.6 is 0 Å². The summed E-state index contributed by atoms with van der Waals surface area (Å²) >= 11 is 0. The Kier molecular flexibility index (Phi) is 4.71. The Bertz CT molecular complexity index is 359. The summed E-state index contributed by atoms with van der Waals surface area (Å²) in [5.41, 5.74) is 10.4. The summed E-state index contributed by atoms with van der Waals surface area (Å²) in [6.45, 7) is 8.13. The van der Waals surface area contributed by atoms with Gasteiger partial charge in [-0.1, -0.05) is 0 Å². The minimum Gasteiger partial charge on any atom is -0.379 e. The van der Waals surface area contributed by atoms with Crippen molar-refractivity contribution in [3.8, 4) is 0 Å². The summed E-state index contributed by atoms with van der Waals surface area (Å²) in [5, 5.41) is 6.53. The van der Waals surface area contributed by atoms with Gasteiger partial charge >= 0.3 is 0 Å². The van der Waals surface area contributed by atoms with Gasteiger partial charge in [0.15, 0.2) is 0 Å². The smallest absolute Gasteiger partial charge is 0.0618 e. The number of hydrazine groups is 1. The second kappa shape index (κ2) is 6.29. The lowest BCUT2D eigenvalue weighted by Crippen LogP contribution is -2.48. The standard InChI is InChI=1S/C12H23N5O/c1-10(2)17-9-11(8-14-17)12(7-13)15-16-3-5-18-6-4-16/h8-10,12,15H,3-7,13H2,1-2H3. The zero-order valence-corrected chi connectivity index (χ0v) is 11.2. The molecule has 1 aromatic heterocycles. The van der Waals surface area contributed by atoms with E-state index in [1.807, 2.05) is 10.9 Å². The summed E-state index contributed by atoms with van der Waals surface area (Å²) in [4.78, 5) is 0. The quantitative estimate of drug-likeness (QED) is 0.790. The van der Waals surface area contributed by atoms with Gasteiger partial charge in [-0.3, -0.25) is 4.68 Å². The van der Waals surface area contributed by atoms with Crippen LogP contribution in [0.15, 0.2) is 12.4 Å². The maximum atomic E-state index is 5.85. The Labute approximate surface area is 108 Å². The lowest BCUT2D eigenvalue weighted by Gasteiger charge is -2.30. The van der Waals surface area contributed by atoms with Crippen molar-refractivity contribution in [3.63, 3.8) is 0 Å². The van der Waals surface area contributed by atoms with E-state index in [9.17, 15) is 0 Å². The molecule has 0 saturated carbocycles. The first-order chi connectivity index (χ1) is 8.70. The number of morpholine rings is 1. The van der Waals surface area contributed by atoms with Crippen LogP contribution in [-0.4, -0.2) is 47.6 Å². The lowest BCUT2D eigenvalue weighted by atomic mass is 10.2. The number of hydrogen-bond acceptors (Lipinski definition) is 5. The third-order valence-electron chi connectivity index (χ3n) is 3.14. The fraction of sp³-hybridized carbons (Fsp3) is 0.750. The molecule has 1 fully saturated rings. The summed E-state index contributed by atoms with van der Waals surface area (Å²) in [6, 6.07) is 0.496. The first kappa shape index (κ1) is 13.5. The van der Waals surface area contributed by atoms with Crippen molar-refractivity contribution in [1.82, 2.24) is 20.2 Å². The highest BCUT2D eigenvalue weighted by Crippen LogP contribution is 2.14. The van der Waals surface area contributed by atoms with E-state index >= 15 is 0 Å². The normalized spacial score (nSPS) is 19.3. The van der Waals surface area contributed by atoms with Crippen LogP contribution in [0.4, 0.5) is 0 Å². The van der Waals surface area contributed by atoms with Crippen LogP contribution in [0.1, 0.15) is 31.5 Å². The molecule has 0 amide bonds. The Morgan fingerprint density at radius 1 is 1.44 bits per heavy atom. The number of rotatable bonds is 5. The molecule has 1 atom stereocenters. The van der Waals surface area contributed by atoms with E-state index in [2.05, 4.69) is 35.6 Å². The van der Waals surface area contributed by atoms with Gasteiger partial charge in [-0.05, 0) is 13.8 Å². The number of ether oxygens (including phenoxy) is 1. The molecule has 2 heterocycles. The highest BCUT2D eigenvalue weighted by Gasteiger charge is 2.17. The Morgan fingerprint density at radius 3 is 2.72 bits per heavy atom. The van der Waals surface area contributed by atoms with E-state index in [0.29, 0.717) is 12.6 Å². The highest BCUT2D eigenvalue weighted by atomic mass is 16.5. The minimum atomic E-state index is 0.121. The summed E-state index contributed by atoms with van der Waals surface area (Å²) in [7, 11) is 0. The molecule has 3 N–H and O–H groups in total. The van der Waals surface area contributed by atoms with E-state index in [0.717, 1.165) is 31.9 Å². The van der Waals surface area contributed by atoms with Crippen molar-refractivity contribution < 1.29 is 4.74 Å². The molecule has 1 aliphatic heterocycles. The second-order valence-corrected chi connectivity index (χ2v) is 4.86. The number of nitrogens with one attached hydrogen (secondary N) is 1. The molecule has 1 aliphatic rings. The van der Waals surface area contributed by atoms with Crippen LogP contribution < -0.4 is 11.2 Å². The minimum absolute atomic E-state index is 0.121. The van der Waals surface area contributed by atoms with Crippen molar-refractivity contribution in [2.24, 2.45) is 5.73 Å². The molecule has 18 heavy (non-hydrogen) atoms. The average molecular weight is 253 g/mol. The molecule has 1 unspecified atom stereocenters. The maximum Gasteiger partial charge on any atom is 0.0618 e. The van der Waals surface area contributed by atoms with Gasteiger partial charge in [0.25, 0.3) is 0 Å². The van der Waals surface area contributed by atoms with Crippen LogP contribution in [-0.2, 0) is 4.74 Å². The van der Waals surface area contributed by atoms with Crippen molar-refractivity contribution in [2.75, 3.05) is 32.8 Å². The maximum absolute atomic E-state index is 5.85. The molecule has 102 valence electrons. The van der Waals surface area contributed by atoms with Gasteiger partial charge in [0, 0.05) is 37.4 Å². The number of aromatic nitrogens is 2. The lowest BCUT2D eigenvalue weighted by molar-refractivity contribution is 0.00404. The third kappa shape index (κ3) is 3.29. The van der Waals surface area contributed by atoms with Gasteiger partial charge in [-0.2, -0.15) is 5.10 Å². The van der Waals surface area contributed by atoms with Crippen molar-refractivity contribution in [3.05, 3.63) is 18.0 Å². The van der Waals surface area contributed by atoms with Gasteiger partial charge in [0.05, 0.1) is 25.5 Å². The molecule has 1 saturated heterocycles. The van der Waals surface area contributed by atoms with Gasteiger partial charge < -0.3 is 10.5 Å². The molecular weight excluding hydrogens is 230 g/mol. The predicted octanol–water partition coefficient (Wildman–Crippen LogP) is 0.301. The van der Waals surface area contributed by atoms with Crippen LogP contribution in [0.5, 0.6) is 0 Å². The van der Waals surface area contributed by atoms with Crippen LogP contribution in [0.2, 0.25) is 0 Å². The van der Waals surface area contributed by atoms with Crippen molar-refractivity contribution in [1.29, 1.82) is 0 Å². The molecular formula is C12H23N5O. The second-order valence-electron chi connectivity index (χ2n) is 4.86. The molecule has 0 radical (unpaired) electrons. The zero-order valence-electron chi connectivity index (χ0n) is 11.2. The van der Waals surface area contributed by atoms with Gasteiger partial charge in [-0.25, -0.2) is 10.4 Å². The van der Waals surface area contributed by atoms with Gasteiger partial charge in [0.1, 0.15) is 0 Å². The molecule has 1 aromatic rings. The van der Waals surface area contributed by atoms with Gasteiger partial charge in [0.2, 0.25) is 0 Å². The Hall–Kier alpha value is -0.950. The monoisotopic (exact) mass is 253 g/mol. The molecule has 0 aliphatic carbocycles. The van der Waals surface area contributed by atoms with E-state index in [4.69, 9.17) is 10.5 Å². The zero-order chi connectivity index (χ0) is 13.0. The number of nitrogens with two attached hydrogens (primary N) is 1. The summed E-state index contributed by atoms with van der Waals surface area (Å²) in [5.74, 6) is 0. The van der Waals surface area contributed by atoms with Gasteiger partial charge in [-0.15, -0.1) is 0 Å². The van der Waals surface area contributed by atoms with E-state index < -0.39 is 0 Å². The number of nitrogens with zero attached hydrogens (tertiary/aromatic N) is 3. The highest BCUT2D eigenvalue weighted by molar-refractivity contribution is 5.11. The fourth-order valence-corrected chi connectivity index (χ4v) is 1.99. The molecule has 6 nitrogen and oxygen atoms in total. The van der Waals surface area contributed by atoms with Crippen LogP contribution in [0.3, 0.4) is 0 Å². The SMILES string of the molecule is CC(C)n1cc(C(CN)NN2CCOCC2)cn1. The molecule has 0 bridgehead atoms. The van der Waals surface area contributed by atoms with Crippen LogP contribution in [0.25, 0.3) is 0 Å². The Morgan fingerprint density at radius 2 is 2.17 bits per heavy atom. The number of hydrogen-bond donors (Lipinski definition) is 2. The summed E-state index contributed by atoms with van der Waals surface area (Å²) in [6.07, 6.45) is 3.96. The van der Waals surface area contributed by atoms with E-state index in [-0.39, 0.29) is 6.04 Å². The fourth-order valence-electron chi connectivity index (χ4n) is 1.99. The third-order valence-corrected chi connectivity index (χ3v) is 3.14. The van der Waals surface area contributed by atoms with Crippen molar-refractivity contribution >= 4 is 0 Å². The summed E-state index contributed by atoms with van der Waals surface area (Å²) < 4.78 is 7.28. The first-order valence-electron chi connectivity index (χ1n) is 6.53. The molecule has 0 spiro atoms. The van der Waals surface area contributed by atoms with Crippen LogP contribution in [0, 0.1) is 0 Å². The van der Waals surface area contributed by atoms with E-state index in [1.54, 1.807) is 0 Å². The van der Waals surface area contributed by atoms with Crippen molar-refractivity contribution in [2.45, 2.75) is 25.9 Å². The topological polar surface area (TPSA) is 68.3 Å². The first-order valence-corrected chi connectivity index (χ1v) is 6.53. The Balaban J connectivity index is 1.98. The molecule has 2 rings (SSSR count). The molecule has 0 aromatic carbocycles. The molecule has 6 heteroatoms. The van der Waals surface area contributed by atoms with E-state index in [1.165, 1.54) is 0 Å². The predicted molar refractivity (Wildman–Crippen MR) is 69.9 cm³/mol. The largest absolute Gasteiger partial charge is 0.379 e.